The van der Waals surface area contributed by atoms with Crippen LogP contribution in [0.25, 0.3) is 34.4 Å². The molecule has 0 radical (unpaired) electrons. The molecule has 2 atom stereocenters. The van der Waals surface area contributed by atoms with E-state index in [9.17, 15) is 0 Å². The van der Waals surface area contributed by atoms with E-state index in [2.05, 4.69) is 137 Å². The van der Waals surface area contributed by atoms with Crippen molar-refractivity contribution in [1.29, 1.82) is 0 Å². The second-order valence-electron chi connectivity index (χ2n) is 12.0. The third-order valence-corrected chi connectivity index (χ3v) is 9.04. The molecule has 0 spiro atoms. The average molecular weight is 509 g/mol. The summed E-state index contributed by atoms with van der Waals surface area (Å²) >= 11 is 0. The Balaban J connectivity index is 1.50. The van der Waals surface area contributed by atoms with Crippen LogP contribution in [0.2, 0.25) is 0 Å². The van der Waals surface area contributed by atoms with E-state index >= 15 is 0 Å². The van der Waals surface area contributed by atoms with Crippen LogP contribution in [0.15, 0.2) is 108 Å². The minimum Gasteiger partial charge on any atom is -0.0651 e. The molecule has 196 valence electrons. The summed E-state index contributed by atoms with van der Waals surface area (Å²) in [5, 5.41) is 0. The van der Waals surface area contributed by atoms with Gasteiger partial charge in [0.2, 0.25) is 0 Å². The van der Waals surface area contributed by atoms with Crippen molar-refractivity contribution in [2.75, 3.05) is 0 Å². The molecule has 0 fully saturated rings. The Hall–Kier alpha value is -3.64. The van der Waals surface area contributed by atoms with Gasteiger partial charge in [-0.2, -0.15) is 0 Å². The minimum absolute atomic E-state index is 0.0309. The lowest BCUT2D eigenvalue weighted by atomic mass is 9.61. The van der Waals surface area contributed by atoms with Gasteiger partial charge >= 0.3 is 0 Å². The second kappa shape index (κ2) is 10.5. The van der Waals surface area contributed by atoms with Crippen molar-refractivity contribution >= 4 is 12.2 Å². The Morgan fingerprint density at radius 1 is 0.513 bits per heavy atom. The first-order valence-corrected chi connectivity index (χ1v) is 14.8. The van der Waals surface area contributed by atoms with Crippen LogP contribution < -0.4 is 0 Å². The molecule has 2 unspecified atom stereocenters. The quantitative estimate of drug-likeness (QED) is 0.222. The van der Waals surface area contributed by atoms with E-state index in [4.69, 9.17) is 0 Å². The molecule has 0 N–H and O–H groups in total. The molecule has 0 bridgehead atoms. The molecule has 4 aromatic carbocycles. The molecule has 0 heterocycles. The van der Waals surface area contributed by atoms with Gasteiger partial charge in [0.15, 0.2) is 0 Å². The smallest absolute Gasteiger partial charge is 0.0118 e. The zero-order valence-corrected chi connectivity index (χ0v) is 23.9. The largest absolute Gasteiger partial charge is 0.0651 e. The van der Waals surface area contributed by atoms with Crippen molar-refractivity contribution in [3.8, 4) is 22.3 Å². The molecule has 0 aliphatic heterocycles. The number of allylic oxidation sites excluding steroid dienone is 2. The third kappa shape index (κ3) is 4.41. The van der Waals surface area contributed by atoms with Gasteiger partial charge in [-0.05, 0) is 62.8 Å². The topological polar surface area (TPSA) is 0 Å². The predicted octanol–water partition coefficient (Wildman–Crippen LogP) is 11.3. The van der Waals surface area contributed by atoms with Gasteiger partial charge in [-0.3, -0.25) is 0 Å². The van der Waals surface area contributed by atoms with Gasteiger partial charge in [-0.25, -0.2) is 0 Å². The van der Waals surface area contributed by atoms with E-state index in [0.717, 1.165) is 12.8 Å². The predicted molar refractivity (Wildman–Crippen MR) is 169 cm³/mol. The first-order chi connectivity index (χ1) is 19.0. The van der Waals surface area contributed by atoms with Crippen LogP contribution in [0, 0.1) is 5.41 Å². The molecule has 0 amide bonds. The minimum atomic E-state index is 0.0309. The second-order valence-corrected chi connectivity index (χ2v) is 12.0. The first-order valence-electron chi connectivity index (χ1n) is 14.8. The lowest BCUT2D eigenvalue weighted by molar-refractivity contribution is 0.268. The van der Waals surface area contributed by atoms with Gasteiger partial charge in [0, 0.05) is 11.8 Å². The monoisotopic (exact) mass is 508 g/mol. The van der Waals surface area contributed by atoms with Crippen LogP contribution in [-0.2, 0) is 0 Å². The molecule has 0 nitrogen and oxygen atoms in total. The standard InChI is InChI=1S/C39H40/c1-5-15-29-25-35-31(27-17-9-7-10-18-27)21-13-23-33(35)37(29)39(3,4)38-30(16-6-2)26-36-32(22-14-24-34(36)38)28-19-11-8-12-20-28/h7-14,17-26,37-38H,5-6,15-16H2,1-4H3. The van der Waals surface area contributed by atoms with Crippen molar-refractivity contribution in [3.63, 3.8) is 0 Å². The molecule has 0 saturated heterocycles. The van der Waals surface area contributed by atoms with Crippen LogP contribution in [0.3, 0.4) is 0 Å². The summed E-state index contributed by atoms with van der Waals surface area (Å²) in [7, 11) is 0. The van der Waals surface area contributed by atoms with Crippen molar-refractivity contribution in [2.45, 2.75) is 65.2 Å². The van der Waals surface area contributed by atoms with E-state index in [1.165, 1.54) is 57.3 Å². The maximum atomic E-state index is 2.55. The highest BCUT2D eigenvalue weighted by Gasteiger charge is 2.46. The lowest BCUT2D eigenvalue weighted by Crippen LogP contribution is -2.30. The number of rotatable bonds is 8. The van der Waals surface area contributed by atoms with Gasteiger partial charge in [0.05, 0.1) is 0 Å². The lowest BCUT2D eigenvalue weighted by Gasteiger charge is -2.42. The number of hydrogen-bond acceptors (Lipinski definition) is 0. The Labute approximate surface area is 235 Å². The Morgan fingerprint density at radius 3 is 1.31 bits per heavy atom. The molecule has 4 aromatic rings. The first kappa shape index (κ1) is 25.6. The third-order valence-electron chi connectivity index (χ3n) is 9.04. The van der Waals surface area contributed by atoms with Crippen molar-refractivity contribution in [2.24, 2.45) is 5.41 Å². The molecule has 0 heteroatoms. The summed E-state index contributed by atoms with van der Waals surface area (Å²) in [5.74, 6) is 0.792. The van der Waals surface area contributed by atoms with Crippen LogP contribution in [0.1, 0.15) is 87.5 Å². The van der Waals surface area contributed by atoms with Gasteiger partial charge in [-0.15, -0.1) is 0 Å². The maximum absolute atomic E-state index is 2.55. The highest BCUT2D eigenvalue weighted by molar-refractivity contribution is 5.84. The zero-order valence-electron chi connectivity index (χ0n) is 23.9. The molecular weight excluding hydrogens is 468 g/mol. The molecule has 2 aliphatic rings. The van der Waals surface area contributed by atoms with Crippen LogP contribution in [0.4, 0.5) is 0 Å². The molecular formula is C39H40. The summed E-state index contributed by atoms with van der Waals surface area (Å²) in [4.78, 5) is 0. The molecule has 0 saturated carbocycles. The van der Waals surface area contributed by atoms with Gasteiger partial charge in [0.1, 0.15) is 0 Å². The summed E-state index contributed by atoms with van der Waals surface area (Å²) in [5.41, 5.74) is 14.5. The average Bonchev–Trinajstić information content (AvgIpc) is 3.53. The fraction of sp³-hybridized carbons (Fsp3) is 0.282. The normalized spacial score (nSPS) is 17.9. The Morgan fingerprint density at radius 2 is 0.923 bits per heavy atom. The van der Waals surface area contributed by atoms with Gasteiger partial charge in [0.25, 0.3) is 0 Å². The summed E-state index contributed by atoms with van der Waals surface area (Å²) in [6.45, 7) is 9.74. The van der Waals surface area contributed by atoms with Crippen LogP contribution >= 0.6 is 0 Å². The van der Waals surface area contributed by atoms with E-state index in [1.807, 2.05) is 0 Å². The maximum Gasteiger partial charge on any atom is 0.0118 e. The Bertz CT molecular complexity index is 1410. The van der Waals surface area contributed by atoms with E-state index in [-0.39, 0.29) is 5.41 Å². The number of benzene rings is 4. The molecule has 39 heavy (non-hydrogen) atoms. The van der Waals surface area contributed by atoms with Crippen LogP contribution in [0.5, 0.6) is 0 Å². The highest BCUT2D eigenvalue weighted by atomic mass is 14.5. The fourth-order valence-electron chi connectivity index (χ4n) is 7.60. The van der Waals surface area contributed by atoms with Crippen molar-refractivity contribution in [3.05, 3.63) is 130 Å². The van der Waals surface area contributed by atoms with Gasteiger partial charge in [-0.1, -0.05) is 161 Å². The fourth-order valence-corrected chi connectivity index (χ4v) is 7.60. The van der Waals surface area contributed by atoms with Crippen LogP contribution in [-0.4, -0.2) is 0 Å². The van der Waals surface area contributed by atoms with Gasteiger partial charge < -0.3 is 0 Å². The summed E-state index contributed by atoms with van der Waals surface area (Å²) in [6, 6.07) is 35.9. The van der Waals surface area contributed by atoms with E-state index in [0.29, 0.717) is 11.8 Å². The Kier molecular flexibility index (Phi) is 6.90. The summed E-state index contributed by atoms with van der Waals surface area (Å²) < 4.78 is 0. The molecule has 6 rings (SSSR count). The highest BCUT2D eigenvalue weighted by Crippen LogP contribution is 2.61. The van der Waals surface area contributed by atoms with E-state index < -0.39 is 0 Å². The summed E-state index contributed by atoms with van der Waals surface area (Å²) in [6.07, 6.45) is 9.73. The van der Waals surface area contributed by atoms with E-state index in [1.54, 1.807) is 11.1 Å². The molecule has 0 aromatic heterocycles. The SMILES string of the molecule is CCCC1=Cc2c(-c3ccccc3)cccc2C1C(C)(C)C1C(CCC)=Cc2c(-c3ccccc3)cccc21. The van der Waals surface area contributed by atoms with Crippen molar-refractivity contribution in [1.82, 2.24) is 0 Å². The van der Waals surface area contributed by atoms with Crippen molar-refractivity contribution < 1.29 is 0 Å². The number of fused-ring (bicyclic) bond motifs is 2. The number of hydrogen-bond donors (Lipinski definition) is 0. The zero-order chi connectivity index (χ0) is 27.0. The molecule has 2 aliphatic carbocycles.